The van der Waals surface area contributed by atoms with Gasteiger partial charge < -0.3 is 4.90 Å². The monoisotopic (exact) mass is 307 g/mol. The third-order valence-electron chi connectivity index (χ3n) is 3.53. The molecule has 0 atom stereocenters. The average Bonchev–Trinajstić information content (AvgIpc) is 2.81. The summed E-state index contributed by atoms with van der Waals surface area (Å²) in [5.41, 5.74) is -0.126. The van der Waals surface area contributed by atoms with Crippen LogP contribution in [0.5, 0.6) is 0 Å². The summed E-state index contributed by atoms with van der Waals surface area (Å²) in [5, 5.41) is 0.604. The van der Waals surface area contributed by atoms with E-state index in [0.29, 0.717) is 11.2 Å². The van der Waals surface area contributed by atoms with Gasteiger partial charge in [-0.25, -0.2) is 4.98 Å². The number of unbranched alkanes of at least 4 members (excludes halogenated alkanes) is 1. The molecule has 6 heteroatoms. The molecule has 0 aliphatic heterocycles. The summed E-state index contributed by atoms with van der Waals surface area (Å²) in [7, 11) is 1.78. The quantitative estimate of drug-likeness (QED) is 0.852. The van der Waals surface area contributed by atoms with E-state index in [1.165, 1.54) is 15.9 Å². The Morgan fingerprint density at radius 2 is 2.14 bits per heavy atom. The minimum Gasteiger partial charge on any atom is -0.344 e. The smallest absolute Gasteiger partial charge is 0.262 e. The minimum absolute atomic E-state index is 0.0539. The van der Waals surface area contributed by atoms with E-state index in [1.54, 1.807) is 18.9 Å². The lowest BCUT2D eigenvalue weighted by Crippen LogP contribution is -2.35. The molecule has 0 aliphatic rings. The number of carbonyl (C=O) groups is 1. The van der Waals surface area contributed by atoms with Crippen molar-refractivity contribution in [1.82, 2.24) is 14.5 Å². The first-order valence-electron chi connectivity index (χ1n) is 7.15. The maximum Gasteiger partial charge on any atom is 0.262 e. The molecule has 0 radical (unpaired) electrons. The van der Waals surface area contributed by atoms with Gasteiger partial charge in [0.1, 0.15) is 17.2 Å². The van der Waals surface area contributed by atoms with Crippen molar-refractivity contribution in [2.75, 3.05) is 13.6 Å². The second-order valence-corrected chi connectivity index (χ2v) is 6.53. The lowest BCUT2D eigenvalue weighted by molar-refractivity contribution is -0.130. The summed E-state index contributed by atoms with van der Waals surface area (Å²) in [4.78, 5) is 32.6. The first kappa shape index (κ1) is 15.7. The molecule has 5 nitrogen and oxygen atoms in total. The normalized spacial score (nSPS) is 11.0. The SMILES string of the molecule is CCCCN(C)C(=O)Cn1c(C)nc2sc(C)cc2c1=O. The molecule has 114 valence electrons. The van der Waals surface area contributed by atoms with Gasteiger partial charge in [-0.05, 0) is 26.3 Å². The van der Waals surface area contributed by atoms with Crippen molar-refractivity contribution in [3.63, 3.8) is 0 Å². The molecule has 0 spiro atoms. The predicted molar refractivity (Wildman–Crippen MR) is 85.9 cm³/mol. The molecule has 21 heavy (non-hydrogen) atoms. The van der Waals surface area contributed by atoms with Crippen LogP contribution in [0.2, 0.25) is 0 Å². The number of likely N-dealkylation sites (N-methyl/N-ethyl adjacent to an activating group) is 1. The van der Waals surface area contributed by atoms with E-state index >= 15 is 0 Å². The summed E-state index contributed by atoms with van der Waals surface area (Å²) in [6.45, 7) is 6.59. The van der Waals surface area contributed by atoms with Crippen molar-refractivity contribution in [3.05, 3.63) is 27.1 Å². The molecule has 0 aromatic carbocycles. The average molecular weight is 307 g/mol. The maximum atomic E-state index is 12.5. The number of amides is 1. The Morgan fingerprint density at radius 3 is 2.81 bits per heavy atom. The molecular formula is C15H21N3O2S. The van der Waals surface area contributed by atoms with Crippen molar-refractivity contribution in [3.8, 4) is 0 Å². The number of hydrogen-bond donors (Lipinski definition) is 0. The highest BCUT2D eigenvalue weighted by atomic mass is 32.1. The highest BCUT2D eigenvalue weighted by Crippen LogP contribution is 2.20. The number of nitrogens with zero attached hydrogens (tertiary/aromatic N) is 3. The van der Waals surface area contributed by atoms with Gasteiger partial charge in [-0.15, -0.1) is 11.3 Å². The van der Waals surface area contributed by atoms with E-state index in [9.17, 15) is 9.59 Å². The summed E-state index contributed by atoms with van der Waals surface area (Å²) in [5.74, 6) is 0.536. The van der Waals surface area contributed by atoms with Gasteiger partial charge in [-0.2, -0.15) is 0 Å². The van der Waals surface area contributed by atoms with Gasteiger partial charge in [0, 0.05) is 18.5 Å². The third kappa shape index (κ3) is 3.32. The van der Waals surface area contributed by atoms with Crippen LogP contribution in [0.4, 0.5) is 0 Å². The first-order chi connectivity index (χ1) is 9.93. The zero-order valence-electron chi connectivity index (χ0n) is 13.0. The van der Waals surface area contributed by atoms with Crippen LogP contribution in [0.3, 0.4) is 0 Å². The summed E-state index contributed by atoms with van der Waals surface area (Å²) in [6, 6.07) is 1.84. The van der Waals surface area contributed by atoms with Crippen molar-refractivity contribution in [2.24, 2.45) is 0 Å². The standard InChI is InChI=1S/C15H21N3O2S/c1-5-6-7-17(4)13(19)9-18-11(3)16-14-12(15(18)20)8-10(2)21-14/h8H,5-7,9H2,1-4H3. The van der Waals surface area contributed by atoms with E-state index in [0.717, 1.165) is 29.1 Å². The van der Waals surface area contributed by atoms with E-state index in [2.05, 4.69) is 11.9 Å². The van der Waals surface area contributed by atoms with Crippen LogP contribution in [0, 0.1) is 13.8 Å². The largest absolute Gasteiger partial charge is 0.344 e. The minimum atomic E-state index is -0.126. The van der Waals surface area contributed by atoms with Crippen LogP contribution in [0.15, 0.2) is 10.9 Å². The number of carbonyl (C=O) groups excluding carboxylic acids is 1. The fourth-order valence-electron chi connectivity index (χ4n) is 2.20. The molecule has 2 rings (SSSR count). The Balaban J connectivity index is 2.30. The Hall–Kier alpha value is -1.69. The molecule has 2 aromatic heterocycles. The zero-order valence-corrected chi connectivity index (χ0v) is 13.8. The van der Waals surface area contributed by atoms with Gasteiger partial charge in [0.15, 0.2) is 0 Å². The van der Waals surface area contributed by atoms with Gasteiger partial charge in [-0.1, -0.05) is 13.3 Å². The van der Waals surface area contributed by atoms with Gasteiger partial charge in [0.05, 0.1) is 5.39 Å². The van der Waals surface area contributed by atoms with E-state index in [4.69, 9.17) is 0 Å². The van der Waals surface area contributed by atoms with Crippen LogP contribution in [0.25, 0.3) is 10.2 Å². The van der Waals surface area contributed by atoms with E-state index < -0.39 is 0 Å². The topological polar surface area (TPSA) is 55.2 Å². The Morgan fingerprint density at radius 1 is 1.43 bits per heavy atom. The second kappa shape index (κ2) is 6.39. The van der Waals surface area contributed by atoms with Gasteiger partial charge in [0.2, 0.25) is 5.91 Å². The highest BCUT2D eigenvalue weighted by molar-refractivity contribution is 7.18. The molecule has 0 saturated carbocycles. The van der Waals surface area contributed by atoms with Gasteiger partial charge in [0.25, 0.3) is 5.56 Å². The van der Waals surface area contributed by atoms with E-state index in [1.807, 2.05) is 13.0 Å². The van der Waals surface area contributed by atoms with Gasteiger partial charge >= 0.3 is 0 Å². The predicted octanol–water partition coefficient (Wildman–Crippen LogP) is 2.33. The molecule has 0 fully saturated rings. The zero-order chi connectivity index (χ0) is 15.6. The van der Waals surface area contributed by atoms with Crippen LogP contribution in [-0.2, 0) is 11.3 Å². The van der Waals surface area contributed by atoms with Crippen molar-refractivity contribution in [1.29, 1.82) is 0 Å². The number of rotatable bonds is 5. The Labute approximate surface area is 128 Å². The highest BCUT2D eigenvalue weighted by Gasteiger charge is 2.15. The lowest BCUT2D eigenvalue weighted by atomic mass is 10.3. The molecule has 2 heterocycles. The molecule has 1 amide bonds. The summed E-state index contributed by atoms with van der Waals surface area (Å²) < 4.78 is 1.47. The number of aryl methyl sites for hydroxylation is 2. The fourth-order valence-corrected chi connectivity index (χ4v) is 3.12. The summed E-state index contributed by atoms with van der Waals surface area (Å²) >= 11 is 1.51. The Kier molecular flexibility index (Phi) is 4.77. The lowest BCUT2D eigenvalue weighted by Gasteiger charge is -2.18. The van der Waals surface area contributed by atoms with Gasteiger partial charge in [-0.3, -0.25) is 14.2 Å². The maximum absolute atomic E-state index is 12.5. The Bertz CT molecular complexity index is 718. The molecular weight excluding hydrogens is 286 g/mol. The van der Waals surface area contributed by atoms with Crippen LogP contribution >= 0.6 is 11.3 Å². The number of aromatic nitrogens is 2. The molecule has 0 aliphatic carbocycles. The van der Waals surface area contributed by atoms with Crippen LogP contribution < -0.4 is 5.56 Å². The molecule has 0 N–H and O–H groups in total. The molecule has 0 unspecified atom stereocenters. The fraction of sp³-hybridized carbons (Fsp3) is 0.533. The van der Waals surface area contributed by atoms with E-state index in [-0.39, 0.29) is 18.0 Å². The summed E-state index contributed by atoms with van der Waals surface area (Å²) in [6.07, 6.45) is 2.01. The van der Waals surface area contributed by atoms with Crippen molar-refractivity contribution >= 4 is 27.5 Å². The van der Waals surface area contributed by atoms with Crippen LogP contribution in [-0.4, -0.2) is 34.0 Å². The van der Waals surface area contributed by atoms with Crippen molar-refractivity contribution in [2.45, 2.75) is 40.2 Å². The number of fused-ring (bicyclic) bond motifs is 1. The first-order valence-corrected chi connectivity index (χ1v) is 7.97. The number of hydrogen-bond acceptors (Lipinski definition) is 4. The third-order valence-corrected chi connectivity index (χ3v) is 4.48. The number of thiophene rings is 1. The second-order valence-electron chi connectivity index (χ2n) is 5.30. The molecule has 0 saturated heterocycles. The van der Waals surface area contributed by atoms with Crippen molar-refractivity contribution < 1.29 is 4.79 Å². The molecule has 0 bridgehead atoms. The van der Waals surface area contributed by atoms with Crippen LogP contribution in [0.1, 0.15) is 30.5 Å². The molecule has 2 aromatic rings.